The lowest BCUT2D eigenvalue weighted by molar-refractivity contribution is 0.632. The SMILES string of the molecule is Cc1nc(Nc2c(F)cccc2Cl)ccc1Br. The summed E-state index contributed by atoms with van der Waals surface area (Å²) < 4.78 is 14.4. The highest BCUT2D eigenvalue weighted by molar-refractivity contribution is 9.10. The van der Waals surface area contributed by atoms with Crippen molar-refractivity contribution in [3.05, 3.63) is 51.3 Å². The van der Waals surface area contributed by atoms with E-state index in [1.807, 2.05) is 13.0 Å². The molecule has 1 aromatic carbocycles. The maximum Gasteiger partial charge on any atom is 0.148 e. The van der Waals surface area contributed by atoms with Crippen LogP contribution in [0.15, 0.2) is 34.8 Å². The molecule has 5 heteroatoms. The Labute approximate surface area is 112 Å². The van der Waals surface area contributed by atoms with E-state index in [2.05, 4.69) is 26.2 Å². The topological polar surface area (TPSA) is 24.9 Å². The Balaban J connectivity index is 2.35. The second-order valence-corrected chi connectivity index (χ2v) is 4.75. The Morgan fingerprint density at radius 1 is 1.29 bits per heavy atom. The molecule has 1 aromatic heterocycles. The van der Waals surface area contributed by atoms with Crippen LogP contribution in [0.4, 0.5) is 15.9 Å². The Morgan fingerprint density at radius 3 is 2.71 bits per heavy atom. The zero-order valence-electron chi connectivity index (χ0n) is 8.97. The van der Waals surface area contributed by atoms with Crippen molar-refractivity contribution in [2.75, 3.05) is 5.32 Å². The van der Waals surface area contributed by atoms with E-state index in [4.69, 9.17) is 11.6 Å². The van der Waals surface area contributed by atoms with Gasteiger partial charge in [-0.25, -0.2) is 9.37 Å². The number of nitrogens with one attached hydrogen (secondary N) is 1. The van der Waals surface area contributed by atoms with E-state index in [0.717, 1.165) is 10.2 Å². The molecule has 0 aliphatic heterocycles. The molecule has 0 aliphatic rings. The molecule has 0 spiro atoms. The molecule has 1 heterocycles. The third-order valence-electron chi connectivity index (χ3n) is 2.24. The third kappa shape index (κ3) is 2.76. The van der Waals surface area contributed by atoms with E-state index < -0.39 is 5.82 Å². The summed E-state index contributed by atoms with van der Waals surface area (Å²) in [6, 6.07) is 8.13. The number of rotatable bonds is 2. The van der Waals surface area contributed by atoms with Crippen LogP contribution in [0.3, 0.4) is 0 Å². The average Bonchev–Trinajstić information content (AvgIpc) is 2.28. The highest BCUT2D eigenvalue weighted by Crippen LogP contribution is 2.28. The van der Waals surface area contributed by atoms with Gasteiger partial charge in [-0.05, 0) is 47.1 Å². The smallest absolute Gasteiger partial charge is 0.148 e. The van der Waals surface area contributed by atoms with Crippen molar-refractivity contribution in [2.24, 2.45) is 0 Å². The molecule has 0 saturated carbocycles. The van der Waals surface area contributed by atoms with Gasteiger partial charge in [0.15, 0.2) is 0 Å². The van der Waals surface area contributed by atoms with Crippen molar-refractivity contribution in [2.45, 2.75) is 6.92 Å². The number of nitrogens with zero attached hydrogens (tertiary/aromatic N) is 1. The summed E-state index contributed by atoms with van der Waals surface area (Å²) in [6.07, 6.45) is 0. The molecule has 0 unspecified atom stereocenters. The van der Waals surface area contributed by atoms with Crippen LogP contribution in [0.5, 0.6) is 0 Å². The zero-order valence-corrected chi connectivity index (χ0v) is 11.3. The molecular formula is C12H9BrClFN2. The van der Waals surface area contributed by atoms with Crippen LogP contribution < -0.4 is 5.32 Å². The quantitative estimate of drug-likeness (QED) is 0.869. The molecule has 2 nitrogen and oxygen atoms in total. The monoisotopic (exact) mass is 314 g/mol. The van der Waals surface area contributed by atoms with E-state index in [0.29, 0.717) is 10.8 Å². The maximum absolute atomic E-state index is 13.5. The summed E-state index contributed by atoms with van der Waals surface area (Å²) in [5, 5.41) is 3.20. The normalized spacial score (nSPS) is 10.4. The summed E-state index contributed by atoms with van der Waals surface area (Å²) >= 11 is 9.26. The largest absolute Gasteiger partial charge is 0.337 e. The summed E-state index contributed by atoms with van der Waals surface area (Å²) in [6.45, 7) is 1.86. The molecule has 0 amide bonds. The standard InChI is InChI=1S/C12H9BrClFN2/c1-7-8(13)5-6-11(16-7)17-12-9(14)3-2-4-10(12)15/h2-6H,1H3,(H,16,17). The van der Waals surface area contributed by atoms with Crippen molar-refractivity contribution in [3.63, 3.8) is 0 Å². The van der Waals surface area contributed by atoms with E-state index in [1.54, 1.807) is 18.2 Å². The van der Waals surface area contributed by atoms with Crippen molar-refractivity contribution in [3.8, 4) is 0 Å². The minimum absolute atomic E-state index is 0.239. The zero-order chi connectivity index (χ0) is 12.4. The van der Waals surface area contributed by atoms with Gasteiger partial charge in [-0.2, -0.15) is 0 Å². The molecule has 0 radical (unpaired) electrons. The predicted molar refractivity (Wildman–Crippen MR) is 71.4 cm³/mol. The Kier molecular flexibility index (Phi) is 3.64. The minimum atomic E-state index is -0.403. The molecule has 2 aromatic rings. The first-order valence-corrected chi connectivity index (χ1v) is 6.09. The van der Waals surface area contributed by atoms with E-state index >= 15 is 0 Å². The van der Waals surface area contributed by atoms with Gasteiger partial charge in [0.1, 0.15) is 11.6 Å². The molecule has 0 bridgehead atoms. The van der Waals surface area contributed by atoms with Crippen LogP contribution in [0, 0.1) is 12.7 Å². The van der Waals surface area contributed by atoms with Crippen LogP contribution in [-0.4, -0.2) is 4.98 Å². The van der Waals surface area contributed by atoms with Crippen LogP contribution in [0.1, 0.15) is 5.69 Å². The fourth-order valence-corrected chi connectivity index (χ4v) is 1.79. The second-order valence-electron chi connectivity index (χ2n) is 3.49. The van der Waals surface area contributed by atoms with Crippen molar-refractivity contribution < 1.29 is 4.39 Å². The number of benzene rings is 1. The summed E-state index contributed by atoms with van der Waals surface area (Å²) in [5.41, 5.74) is 1.06. The van der Waals surface area contributed by atoms with Gasteiger partial charge in [-0.3, -0.25) is 0 Å². The number of hydrogen-bond donors (Lipinski definition) is 1. The number of hydrogen-bond acceptors (Lipinski definition) is 2. The van der Waals surface area contributed by atoms with Gasteiger partial charge in [0.25, 0.3) is 0 Å². The Hall–Kier alpha value is -1.13. The number of aryl methyl sites for hydroxylation is 1. The molecule has 17 heavy (non-hydrogen) atoms. The van der Waals surface area contributed by atoms with Crippen molar-refractivity contribution >= 4 is 39.0 Å². The van der Waals surface area contributed by atoms with Crippen LogP contribution in [0.2, 0.25) is 5.02 Å². The highest BCUT2D eigenvalue weighted by atomic mass is 79.9. The molecule has 0 atom stereocenters. The number of pyridine rings is 1. The van der Waals surface area contributed by atoms with Gasteiger partial charge < -0.3 is 5.32 Å². The number of anilines is 2. The first kappa shape index (κ1) is 12.3. The number of halogens is 3. The molecule has 2 rings (SSSR count). The molecule has 0 saturated heterocycles. The lowest BCUT2D eigenvalue weighted by Gasteiger charge is -2.09. The maximum atomic E-state index is 13.5. The Bertz CT molecular complexity index is 540. The van der Waals surface area contributed by atoms with Crippen molar-refractivity contribution in [1.29, 1.82) is 0 Å². The second kappa shape index (κ2) is 5.02. The van der Waals surface area contributed by atoms with Gasteiger partial charge in [-0.1, -0.05) is 17.7 Å². The number of para-hydroxylation sites is 1. The van der Waals surface area contributed by atoms with Crippen LogP contribution in [-0.2, 0) is 0 Å². The van der Waals surface area contributed by atoms with Gasteiger partial charge >= 0.3 is 0 Å². The van der Waals surface area contributed by atoms with Gasteiger partial charge in [0.2, 0.25) is 0 Å². The fourth-order valence-electron chi connectivity index (χ4n) is 1.36. The van der Waals surface area contributed by atoms with Gasteiger partial charge in [0.05, 0.1) is 16.4 Å². The van der Waals surface area contributed by atoms with E-state index in [1.165, 1.54) is 6.07 Å². The average molecular weight is 316 g/mol. The van der Waals surface area contributed by atoms with E-state index in [9.17, 15) is 4.39 Å². The predicted octanol–water partition coefficient (Wildman–Crippen LogP) is 4.69. The molecule has 1 N–H and O–H groups in total. The minimum Gasteiger partial charge on any atom is -0.337 e. The third-order valence-corrected chi connectivity index (χ3v) is 3.39. The lowest BCUT2D eigenvalue weighted by Crippen LogP contribution is -1.98. The van der Waals surface area contributed by atoms with Crippen LogP contribution >= 0.6 is 27.5 Å². The molecule has 0 aliphatic carbocycles. The molecule has 88 valence electrons. The summed E-state index contributed by atoms with van der Waals surface area (Å²) in [5.74, 6) is 0.151. The summed E-state index contributed by atoms with van der Waals surface area (Å²) in [7, 11) is 0. The molecular weight excluding hydrogens is 307 g/mol. The fraction of sp³-hybridized carbons (Fsp3) is 0.0833. The molecule has 0 fully saturated rings. The summed E-state index contributed by atoms with van der Waals surface area (Å²) in [4.78, 5) is 4.27. The van der Waals surface area contributed by atoms with Gasteiger partial charge in [0, 0.05) is 4.47 Å². The van der Waals surface area contributed by atoms with E-state index in [-0.39, 0.29) is 5.69 Å². The van der Waals surface area contributed by atoms with Crippen LogP contribution in [0.25, 0.3) is 0 Å². The first-order chi connectivity index (χ1) is 8.08. The first-order valence-electron chi connectivity index (χ1n) is 4.92. The lowest BCUT2D eigenvalue weighted by atomic mass is 10.3. The van der Waals surface area contributed by atoms with Gasteiger partial charge in [-0.15, -0.1) is 0 Å². The number of aromatic nitrogens is 1. The Morgan fingerprint density at radius 2 is 2.06 bits per heavy atom. The van der Waals surface area contributed by atoms with Crippen molar-refractivity contribution in [1.82, 2.24) is 4.98 Å². The highest BCUT2D eigenvalue weighted by Gasteiger charge is 2.08.